The Hall–Kier alpha value is -2.57. The van der Waals surface area contributed by atoms with Crippen LogP contribution in [0.15, 0.2) is 29.3 Å². The fourth-order valence-electron chi connectivity index (χ4n) is 3.26. The highest BCUT2D eigenvalue weighted by atomic mass is 16.2. The summed E-state index contributed by atoms with van der Waals surface area (Å²) in [6.45, 7) is 5.87. The van der Waals surface area contributed by atoms with E-state index >= 15 is 0 Å². The van der Waals surface area contributed by atoms with E-state index in [1.807, 2.05) is 12.1 Å². The first-order chi connectivity index (χ1) is 12.5. The highest BCUT2D eigenvalue weighted by Gasteiger charge is 2.22. The fraction of sp³-hybridized carbons (Fsp3) is 0.526. The van der Waals surface area contributed by atoms with Crippen LogP contribution in [0.25, 0.3) is 0 Å². The molecule has 2 aliphatic rings. The maximum absolute atomic E-state index is 12.4. The topological polar surface area (TPSA) is 91.0 Å². The Bertz CT molecular complexity index is 678. The Morgan fingerprint density at radius 2 is 1.88 bits per heavy atom. The van der Waals surface area contributed by atoms with Crippen molar-refractivity contribution in [3.05, 3.63) is 35.4 Å². The van der Waals surface area contributed by atoms with E-state index in [1.165, 1.54) is 0 Å². The van der Waals surface area contributed by atoms with Gasteiger partial charge in [-0.25, -0.2) is 4.99 Å². The molecule has 2 saturated heterocycles. The van der Waals surface area contributed by atoms with Gasteiger partial charge in [-0.1, -0.05) is 19.1 Å². The van der Waals surface area contributed by atoms with Crippen molar-refractivity contribution in [3.63, 3.8) is 0 Å². The molecule has 3 rings (SSSR count). The number of carbonyl (C=O) groups is 2. The van der Waals surface area contributed by atoms with Gasteiger partial charge >= 0.3 is 0 Å². The van der Waals surface area contributed by atoms with Crippen LogP contribution in [0.1, 0.15) is 35.7 Å². The van der Waals surface area contributed by atoms with Crippen molar-refractivity contribution in [2.75, 3.05) is 32.7 Å². The van der Waals surface area contributed by atoms with Gasteiger partial charge in [-0.2, -0.15) is 0 Å². The smallest absolute Gasteiger partial charge is 0.254 e. The van der Waals surface area contributed by atoms with Gasteiger partial charge in [0.25, 0.3) is 5.91 Å². The van der Waals surface area contributed by atoms with Gasteiger partial charge in [0.15, 0.2) is 5.96 Å². The maximum atomic E-state index is 12.4. The number of likely N-dealkylation sites (tertiary alicyclic amines) is 1. The number of nitrogens with two attached hydrogens (primary N) is 1. The molecular formula is C19H27N5O2. The lowest BCUT2D eigenvalue weighted by Crippen LogP contribution is -2.49. The van der Waals surface area contributed by atoms with E-state index in [-0.39, 0.29) is 18.4 Å². The predicted octanol–water partition coefficient (Wildman–Crippen LogP) is 0.805. The molecule has 1 aromatic rings. The molecule has 26 heavy (non-hydrogen) atoms. The summed E-state index contributed by atoms with van der Waals surface area (Å²) in [5.41, 5.74) is 7.70. The molecule has 0 aliphatic carbocycles. The van der Waals surface area contributed by atoms with Crippen molar-refractivity contribution in [2.24, 2.45) is 16.6 Å². The van der Waals surface area contributed by atoms with Crippen LogP contribution in [0.5, 0.6) is 0 Å². The molecule has 3 N–H and O–H groups in total. The van der Waals surface area contributed by atoms with Crippen LogP contribution in [0.4, 0.5) is 0 Å². The minimum atomic E-state index is -0.114. The van der Waals surface area contributed by atoms with Crippen molar-refractivity contribution < 1.29 is 9.59 Å². The average Bonchev–Trinajstić information content (AvgIpc) is 2.66. The molecule has 0 radical (unpaired) electrons. The summed E-state index contributed by atoms with van der Waals surface area (Å²) in [6.07, 6.45) is 2.31. The summed E-state index contributed by atoms with van der Waals surface area (Å²) in [5, 5.41) is 2.72. The molecule has 2 fully saturated rings. The zero-order valence-corrected chi connectivity index (χ0v) is 15.3. The Morgan fingerprint density at radius 1 is 1.19 bits per heavy atom. The molecule has 0 saturated carbocycles. The number of amides is 2. The second kappa shape index (κ2) is 8.21. The molecule has 0 bridgehead atoms. The van der Waals surface area contributed by atoms with Gasteiger partial charge in [-0.15, -0.1) is 0 Å². The summed E-state index contributed by atoms with van der Waals surface area (Å²) in [5.74, 6) is 1.13. The molecule has 0 unspecified atom stereocenters. The van der Waals surface area contributed by atoms with Gasteiger partial charge in [-0.05, 0) is 36.5 Å². The zero-order valence-electron chi connectivity index (χ0n) is 15.3. The highest BCUT2D eigenvalue weighted by Crippen LogP contribution is 2.16. The molecule has 140 valence electrons. The number of hydrogen-bond acceptors (Lipinski definition) is 3. The van der Waals surface area contributed by atoms with Gasteiger partial charge in [0, 0.05) is 31.7 Å². The fourth-order valence-corrected chi connectivity index (χ4v) is 3.26. The minimum Gasteiger partial charge on any atom is -0.370 e. The van der Waals surface area contributed by atoms with Crippen molar-refractivity contribution in [3.8, 4) is 0 Å². The molecule has 2 heterocycles. The van der Waals surface area contributed by atoms with Crippen molar-refractivity contribution in [2.45, 2.75) is 26.3 Å². The Labute approximate surface area is 154 Å². The molecule has 1 aromatic carbocycles. The van der Waals surface area contributed by atoms with E-state index in [9.17, 15) is 9.59 Å². The molecule has 0 aromatic heterocycles. The van der Waals surface area contributed by atoms with Gasteiger partial charge in [0.05, 0.1) is 13.1 Å². The number of nitrogens with one attached hydrogen (secondary N) is 1. The molecule has 7 nitrogen and oxygen atoms in total. The van der Waals surface area contributed by atoms with Crippen molar-refractivity contribution in [1.29, 1.82) is 0 Å². The molecule has 0 spiro atoms. The van der Waals surface area contributed by atoms with E-state index in [1.54, 1.807) is 17.0 Å². The number of benzene rings is 1. The third kappa shape index (κ3) is 4.53. The van der Waals surface area contributed by atoms with E-state index in [4.69, 9.17) is 5.73 Å². The molecule has 2 amide bonds. The normalized spacial score (nSPS) is 19.4. The van der Waals surface area contributed by atoms with Crippen molar-refractivity contribution >= 4 is 17.8 Å². The average molecular weight is 357 g/mol. The van der Waals surface area contributed by atoms with Crippen LogP contribution in [0.3, 0.4) is 0 Å². The van der Waals surface area contributed by atoms with Crippen LogP contribution in [-0.4, -0.2) is 60.3 Å². The number of aliphatic imine (C=N–C) groups is 1. The van der Waals surface area contributed by atoms with Gasteiger partial charge in [-0.3, -0.25) is 9.59 Å². The van der Waals surface area contributed by atoms with Crippen LogP contribution in [-0.2, 0) is 11.3 Å². The third-order valence-corrected chi connectivity index (χ3v) is 5.06. The molecule has 2 aliphatic heterocycles. The van der Waals surface area contributed by atoms with Gasteiger partial charge in [0.1, 0.15) is 0 Å². The Balaban J connectivity index is 1.56. The number of guanidine groups is 1. The van der Waals surface area contributed by atoms with E-state index < -0.39 is 0 Å². The summed E-state index contributed by atoms with van der Waals surface area (Å²) >= 11 is 0. The third-order valence-electron chi connectivity index (χ3n) is 5.06. The van der Waals surface area contributed by atoms with Gasteiger partial charge < -0.3 is 20.9 Å². The second-order valence-electron chi connectivity index (χ2n) is 7.12. The van der Waals surface area contributed by atoms with Crippen LogP contribution in [0, 0.1) is 5.92 Å². The van der Waals surface area contributed by atoms with Crippen molar-refractivity contribution in [1.82, 2.24) is 15.1 Å². The largest absolute Gasteiger partial charge is 0.370 e. The predicted molar refractivity (Wildman–Crippen MR) is 101 cm³/mol. The lowest BCUT2D eigenvalue weighted by atomic mass is 10.00. The minimum absolute atomic E-state index is 0.113. The summed E-state index contributed by atoms with van der Waals surface area (Å²) in [7, 11) is 0. The number of rotatable bonds is 3. The first kappa shape index (κ1) is 18.2. The van der Waals surface area contributed by atoms with E-state index in [0.29, 0.717) is 31.2 Å². The zero-order chi connectivity index (χ0) is 18.5. The summed E-state index contributed by atoms with van der Waals surface area (Å²) in [4.78, 5) is 32.1. The maximum Gasteiger partial charge on any atom is 0.254 e. The molecular weight excluding hydrogens is 330 g/mol. The number of hydrogen-bond donors (Lipinski definition) is 2. The molecule has 7 heteroatoms. The monoisotopic (exact) mass is 357 g/mol. The summed E-state index contributed by atoms with van der Waals surface area (Å²) < 4.78 is 0. The Kier molecular flexibility index (Phi) is 5.75. The van der Waals surface area contributed by atoms with E-state index in [0.717, 1.165) is 37.4 Å². The first-order valence-electron chi connectivity index (χ1n) is 9.22. The highest BCUT2D eigenvalue weighted by molar-refractivity contribution is 5.97. The molecule has 0 atom stereocenters. The number of nitrogens with zero attached hydrogens (tertiary/aromatic N) is 3. The summed E-state index contributed by atoms with van der Waals surface area (Å²) in [6, 6.07) is 7.37. The lowest BCUT2D eigenvalue weighted by Gasteiger charge is -2.31. The number of carbonyl (C=O) groups excluding carboxylic acids is 2. The van der Waals surface area contributed by atoms with Gasteiger partial charge in [0.2, 0.25) is 5.91 Å². The van der Waals surface area contributed by atoms with E-state index in [2.05, 4.69) is 22.1 Å². The standard InChI is InChI=1S/C19H27N5O2/c1-14-6-9-23(10-7-14)19(20)22-12-15-2-4-16(5-3-15)18(26)24-11-8-21-17(25)13-24/h2-5,14H,6-13H2,1H3,(H2,20,22)(H,21,25). The van der Waals surface area contributed by atoms with Crippen LogP contribution in [0.2, 0.25) is 0 Å². The van der Waals surface area contributed by atoms with Crippen LogP contribution < -0.4 is 11.1 Å². The lowest BCUT2D eigenvalue weighted by molar-refractivity contribution is -0.123. The Morgan fingerprint density at radius 3 is 2.54 bits per heavy atom. The quantitative estimate of drug-likeness (QED) is 0.618. The van der Waals surface area contributed by atoms with Crippen LogP contribution >= 0.6 is 0 Å². The SMILES string of the molecule is CC1CCN(C(N)=NCc2ccc(C(=O)N3CCNC(=O)C3)cc2)CC1. The first-order valence-corrected chi connectivity index (χ1v) is 9.22. The number of piperidine rings is 1. The number of piperazine rings is 1. The second-order valence-corrected chi connectivity index (χ2v) is 7.12.